The molecule has 0 atom stereocenters. The van der Waals surface area contributed by atoms with Crippen LogP contribution in [0.15, 0.2) is 47.5 Å². The average molecular weight is 316 g/mol. The molecule has 0 spiro atoms. The topological polar surface area (TPSA) is 67.5 Å². The summed E-state index contributed by atoms with van der Waals surface area (Å²) in [6.45, 7) is 3.99. The van der Waals surface area contributed by atoms with Crippen molar-refractivity contribution in [1.82, 2.24) is 0 Å². The van der Waals surface area contributed by atoms with E-state index in [-0.39, 0.29) is 11.8 Å². The lowest BCUT2D eigenvalue weighted by atomic mass is 10.1. The van der Waals surface area contributed by atoms with Crippen molar-refractivity contribution < 1.29 is 4.79 Å². The van der Waals surface area contributed by atoms with Crippen LogP contribution in [0.25, 0.3) is 0 Å². The average Bonchev–Trinajstić information content (AvgIpc) is 2.52. The second kappa shape index (κ2) is 7.09. The number of anilines is 1. The zero-order valence-corrected chi connectivity index (χ0v) is 13.3. The molecule has 0 unspecified atom stereocenters. The second-order valence-corrected chi connectivity index (χ2v) is 5.26. The van der Waals surface area contributed by atoms with E-state index in [9.17, 15) is 4.79 Å². The molecule has 0 bridgehead atoms. The molecule has 2 aromatic rings. The molecule has 4 nitrogen and oxygen atoms in total. The SMILES string of the molecule is Cc1cccc(NC(=O)c2cccc(N=C(N)CCl)c2)c1C. The number of nitrogens with two attached hydrogens (primary N) is 1. The number of hydrogen-bond donors (Lipinski definition) is 2. The third kappa shape index (κ3) is 3.86. The van der Waals surface area contributed by atoms with Crippen molar-refractivity contribution in [2.24, 2.45) is 10.7 Å². The fraction of sp³-hybridized carbons (Fsp3) is 0.176. The van der Waals surface area contributed by atoms with Crippen LogP contribution in [0.2, 0.25) is 0 Å². The maximum absolute atomic E-state index is 12.4. The van der Waals surface area contributed by atoms with Gasteiger partial charge in [0.25, 0.3) is 5.91 Å². The van der Waals surface area contributed by atoms with Gasteiger partial charge in [-0.15, -0.1) is 11.6 Å². The number of benzene rings is 2. The molecule has 0 aliphatic rings. The monoisotopic (exact) mass is 315 g/mol. The van der Waals surface area contributed by atoms with Gasteiger partial charge in [0.1, 0.15) is 5.84 Å². The first kappa shape index (κ1) is 16.0. The summed E-state index contributed by atoms with van der Waals surface area (Å²) in [5.74, 6) is 0.280. The van der Waals surface area contributed by atoms with Crippen molar-refractivity contribution in [1.29, 1.82) is 0 Å². The van der Waals surface area contributed by atoms with Crippen molar-refractivity contribution in [2.45, 2.75) is 13.8 Å². The summed E-state index contributed by atoms with van der Waals surface area (Å²) in [6, 6.07) is 12.8. The van der Waals surface area contributed by atoms with Crippen molar-refractivity contribution in [2.75, 3.05) is 11.2 Å². The molecule has 0 aliphatic carbocycles. The molecule has 2 aromatic carbocycles. The van der Waals surface area contributed by atoms with E-state index in [1.165, 1.54) is 0 Å². The Hall–Kier alpha value is -2.33. The lowest BCUT2D eigenvalue weighted by Gasteiger charge is -2.10. The van der Waals surface area contributed by atoms with Gasteiger partial charge in [0.15, 0.2) is 0 Å². The van der Waals surface area contributed by atoms with E-state index in [1.807, 2.05) is 32.0 Å². The lowest BCUT2D eigenvalue weighted by Crippen LogP contribution is -2.13. The molecule has 0 aliphatic heterocycles. The van der Waals surface area contributed by atoms with Gasteiger partial charge in [0.05, 0.1) is 11.6 Å². The fourth-order valence-corrected chi connectivity index (χ4v) is 2.05. The first-order valence-corrected chi connectivity index (χ1v) is 7.41. The van der Waals surface area contributed by atoms with Gasteiger partial charge in [-0.1, -0.05) is 18.2 Å². The van der Waals surface area contributed by atoms with E-state index in [2.05, 4.69) is 10.3 Å². The highest BCUT2D eigenvalue weighted by Gasteiger charge is 2.09. The molecule has 5 heteroatoms. The highest BCUT2D eigenvalue weighted by molar-refractivity contribution is 6.28. The standard InChI is InChI=1S/C17H18ClN3O/c1-11-5-3-8-15(12(11)2)21-17(22)13-6-4-7-14(9-13)20-16(19)10-18/h3-9H,10H2,1-2H3,(H2,19,20)(H,21,22). The number of nitrogens with one attached hydrogen (secondary N) is 1. The first-order valence-electron chi connectivity index (χ1n) is 6.88. The predicted octanol–water partition coefficient (Wildman–Crippen LogP) is 3.78. The van der Waals surface area contributed by atoms with Crippen molar-refractivity contribution in [3.8, 4) is 0 Å². The van der Waals surface area contributed by atoms with Crippen LogP contribution >= 0.6 is 11.6 Å². The van der Waals surface area contributed by atoms with Gasteiger partial charge >= 0.3 is 0 Å². The van der Waals surface area contributed by atoms with E-state index in [0.717, 1.165) is 16.8 Å². The summed E-state index contributed by atoms with van der Waals surface area (Å²) in [7, 11) is 0. The Labute approximate surface area is 135 Å². The fourth-order valence-electron chi connectivity index (χ4n) is 1.99. The predicted molar refractivity (Wildman–Crippen MR) is 92.3 cm³/mol. The van der Waals surface area contributed by atoms with E-state index >= 15 is 0 Å². The van der Waals surface area contributed by atoms with Crippen LogP contribution in [-0.2, 0) is 0 Å². The van der Waals surface area contributed by atoms with Gasteiger partial charge in [-0.3, -0.25) is 4.79 Å². The zero-order valence-electron chi connectivity index (χ0n) is 12.6. The van der Waals surface area contributed by atoms with Crippen LogP contribution in [0.5, 0.6) is 0 Å². The molecule has 1 amide bonds. The van der Waals surface area contributed by atoms with Crippen LogP contribution in [0.1, 0.15) is 21.5 Å². The molecular formula is C17H18ClN3O. The third-order valence-corrected chi connectivity index (χ3v) is 3.64. The Morgan fingerprint density at radius 2 is 1.95 bits per heavy atom. The largest absolute Gasteiger partial charge is 0.386 e. The number of nitrogens with zero attached hydrogens (tertiary/aromatic N) is 1. The van der Waals surface area contributed by atoms with E-state index in [4.69, 9.17) is 17.3 Å². The Morgan fingerprint density at radius 3 is 2.68 bits per heavy atom. The molecule has 114 valence electrons. The molecule has 3 N–H and O–H groups in total. The van der Waals surface area contributed by atoms with Crippen molar-refractivity contribution in [3.63, 3.8) is 0 Å². The number of carbonyl (C=O) groups excluding carboxylic acids is 1. The van der Waals surface area contributed by atoms with Crippen molar-refractivity contribution in [3.05, 3.63) is 59.2 Å². The summed E-state index contributed by atoms with van der Waals surface area (Å²) in [5, 5.41) is 2.92. The minimum Gasteiger partial charge on any atom is -0.386 e. The minimum absolute atomic E-state index is 0.152. The van der Waals surface area contributed by atoms with Crippen LogP contribution in [0.4, 0.5) is 11.4 Å². The van der Waals surface area contributed by atoms with Crippen molar-refractivity contribution >= 4 is 34.7 Å². The van der Waals surface area contributed by atoms with E-state index in [0.29, 0.717) is 17.1 Å². The van der Waals surface area contributed by atoms with Gasteiger partial charge in [-0.25, -0.2) is 4.99 Å². The zero-order chi connectivity index (χ0) is 16.1. The molecule has 0 saturated heterocycles. The number of amidine groups is 1. The Bertz CT molecular complexity index is 726. The van der Waals surface area contributed by atoms with Gasteiger partial charge in [0, 0.05) is 11.3 Å². The quantitative estimate of drug-likeness (QED) is 0.512. The Kier molecular flexibility index (Phi) is 5.17. The number of alkyl halides is 1. The summed E-state index contributed by atoms with van der Waals surface area (Å²) < 4.78 is 0. The molecule has 0 aromatic heterocycles. The smallest absolute Gasteiger partial charge is 0.255 e. The van der Waals surface area contributed by atoms with E-state index < -0.39 is 0 Å². The number of aryl methyl sites for hydroxylation is 1. The summed E-state index contributed by atoms with van der Waals surface area (Å²) in [4.78, 5) is 16.5. The number of halogens is 1. The van der Waals surface area contributed by atoms with E-state index in [1.54, 1.807) is 24.3 Å². The summed E-state index contributed by atoms with van der Waals surface area (Å²) in [5.41, 5.74) is 9.72. The molecular weight excluding hydrogens is 298 g/mol. The number of carbonyl (C=O) groups is 1. The molecule has 22 heavy (non-hydrogen) atoms. The number of rotatable bonds is 4. The molecule has 0 heterocycles. The maximum Gasteiger partial charge on any atom is 0.255 e. The molecule has 0 saturated carbocycles. The normalized spacial score (nSPS) is 11.3. The van der Waals surface area contributed by atoms with Crippen LogP contribution < -0.4 is 11.1 Å². The number of hydrogen-bond acceptors (Lipinski definition) is 2. The minimum atomic E-state index is -0.185. The summed E-state index contributed by atoms with van der Waals surface area (Å²) in [6.07, 6.45) is 0. The Morgan fingerprint density at radius 1 is 1.23 bits per heavy atom. The third-order valence-electron chi connectivity index (χ3n) is 3.37. The highest BCUT2D eigenvalue weighted by atomic mass is 35.5. The number of aliphatic imine (C=N–C) groups is 1. The van der Waals surface area contributed by atoms with Crippen LogP contribution in [0.3, 0.4) is 0 Å². The number of amides is 1. The Balaban J connectivity index is 2.23. The molecule has 2 rings (SSSR count). The first-order chi connectivity index (χ1) is 10.5. The van der Waals surface area contributed by atoms with Crippen LogP contribution in [-0.4, -0.2) is 17.6 Å². The van der Waals surface area contributed by atoms with Gasteiger partial charge in [-0.2, -0.15) is 0 Å². The van der Waals surface area contributed by atoms with Gasteiger partial charge < -0.3 is 11.1 Å². The van der Waals surface area contributed by atoms with Gasteiger partial charge in [-0.05, 0) is 49.2 Å². The summed E-state index contributed by atoms with van der Waals surface area (Å²) >= 11 is 5.61. The lowest BCUT2D eigenvalue weighted by molar-refractivity contribution is 0.102. The van der Waals surface area contributed by atoms with Crippen LogP contribution in [0, 0.1) is 13.8 Å². The highest BCUT2D eigenvalue weighted by Crippen LogP contribution is 2.20. The molecule has 0 fully saturated rings. The second-order valence-electron chi connectivity index (χ2n) is 4.99. The maximum atomic E-state index is 12.4. The van der Waals surface area contributed by atoms with Gasteiger partial charge in [0.2, 0.25) is 0 Å². The molecule has 0 radical (unpaired) electrons.